The van der Waals surface area contributed by atoms with Crippen molar-refractivity contribution in [1.29, 1.82) is 0 Å². The Labute approximate surface area is 94.1 Å². The molecule has 0 fully saturated rings. The van der Waals surface area contributed by atoms with E-state index < -0.39 is 0 Å². The maximum absolute atomic E-state index is 11.7. The summed E-state index contributed by atoms with van der Waals surface area (Å²) in [6.07, 6.45) is 3.24. The van der Waals surface area contributed by atoms with Crippen molar-refractivity contribution in [3.8, 4) is 11.5 Å². The Morgan fingerprint density at radius 1 is 1.31 bits per heavy atom. The van der Waals surface area contributed by atoms with Crippen molar-refractivity contribution in [2.45, 2.75) is 0 Å². The van der Waals surface area contributed by atoms with Gasteiger partial charge in [-0.05, 0) is 18.2 Å². The fourth-order valence-electron chi connectivity index (χ4n) is 1.36. The highest BCUT2D eigenvalue weighted by Crippen LogP contribution is 2.32. The highest BCUT2D eigenvalue weighted by Gasteiger charge is 2.14. The molecule has 0 aliphatic carbocycles. The summed E-state index contributed by atoms with van der Waals surface area (Å²) in [4.78, 5) is 13.5. The minimum absolute atomic E-state index is 0.0491. The molecular weight excluding hydrogens is 206 g/mol. The van der Waals surface area contributed by atoms with Gasteiger partial charge in [0.15, 0.2) is 17.3 Å². The zero-order valence-electron chi connectivity index (χ0n) is 9.27. The molecule has 0 spiro atoms. The van der Waals surface area contributed by atoms with Gasteiger partial charge >= 0.3 is 0 Å². The number of rotatable bonds is 3. The quantitative estimate of drug-likeness (QED) is 0.572. The molecule has 1 aliphatic heterocycles. The molecule has 0 atom stereocenters. The van der Waals surface area contributed by atoms with Crippen LogP contribution >= 0.6 is 0 Å². The average molecular weight is 219 g/mol. The minimum atomic E-state index is -0.0491. The lowest BCUT2D eigenvalue weighted by Gasteiger charge is -2.03. The Bertz CT molecular complexity index is 438. The molecule has 0 radical (unpaired) electrons. The van der Waals surface area contributed by atoms with Crippen LogP contribution in [0, 0.1) is 0 Å². The normalized spacial score (nSPS) is 13.1. The number of allylic oxidation sites excluding steroid dienone is 1. The molecule has 1 aromatic carbocycles. The van der Waals surface area contributed by atoms with Crippen LogP contribution in [0.3, 0.4) is 0 Å². The molecule has 84 valence electrons. The first-order valence-corrected chi connectivity index (χ1v) is 4.95. The predicted octanol–water partition coefficient (Wildman–Crippen LogP) is 1.67. The van der Waals surface area contributed by atoms with E-state index in [4.69, 9.17) is 9.47 Å². The summed E-state index contributed by atoms with van der Waals surface area (Å²) in [6, 6.07) is 5.18. The third-order valence-corrected chi connectivity index (χ3v) is 2.18. The molecular formula is C12H13NO3. The number of carbonyl (C=O) groups is 1. The first kappa shape index (κ1) is 10.5. The fraction of sp³-hybridized carbons (Fsp3) is 0.250. The van der Waals surface area contributed by atoms with Gasteiger partial charge in [0, 0.05) is 31.9 Å². The largest absolute Gasteiger partial charge is 0.454 e. The Kier molecular flexibility index (Phi) is 2.81. The Morgan fingerprint density at radius 2 is 2.06 bits per heavy atom. The molecule has 0 saturated heterocycles. The molecule has 2 rings (SSSR count). The summed E-state index contributed by atoms with van der Waals surface area (Å²) < 4.78 is 10.4. The van der Waals surface area contributed by atoms with Gasteiger partial charge in [-0.15, -0.1) is 0 Å². The van der Waals surface area contributed by atoms with Gasteiger partial charge in [-0.25, -0.2) is 0 Å². The molecule has 0 saturated carbocycles. The second kappa shape index (κ2) is 4.26. The van der Waals surface area contributed by atoms with E-state index in [0.29, 0.717) is 17.1 Å². The number of nitrogens with zero attached hydrogens (tertiary/aromatic N) is 1. The van der Waals surface area contributed by atoms with Gasteiger partial charge < -0.3 is 14.4 Å². The first-order chi connectivity index (χ1) is 7.66. The molecule has 0 aromatic heterocycles. The summed E-state index contributed by atoms with van der Waals surface area (Å²) in [6.45, 7) is 0.223. The van der Waals surface area contributed by atoms with Gasteiger partial charge in [-0.1, -0.05) is 0 Å². The van der Waals surface area contributed by atoms with Crippen molar-refractivity contribution in [2.24, 2.45) is 0 Å². The average Bonchev–Trinajstić information content (AvgIpc) is 2.72. The van der Waals surface area contributed by atoms with Crippen molar-refractivity contribution in [1.82, 2.24) is 4.90 Å². The van der Waals surface area contributed by atoms with E-state index in [9.17, 15) is 4.79 Å². The summed E-state index contributed by atoms with van der Waals surface area (Å²) in [7, 11) is 3.73. The second-order valence-electron chi connectivity index (χ2n) is 3.71. The number of benzene rings is 1. The maximum atomic E-state index is 11.7. The van der Waals surface area contributed by atoms with Crippen molar-refractivity contribution in [2.75, 3.05) is 20.9 Å². The van der Waals surface area contributed by atoms with E-state index in [1.165, 1.54) is 6.08 Å². The number of hydrogen-bond donors (Lipinski definition) is 0. The molecule has 0 N–H and O–H groups in total. The van der Waals surface area contributed by atoms with Gasteiger partial charge in [0.1, 0.15) is 0 Å². The van der Waals surface area contributed by atoms with E-state index in [0.717, 1.165) is 0 Å². The molecule has 0 unspecified atom stereocenters. The minimum Gasteiger partial charge on any atom is -0.454 e. The van der Waals surface area contributed by atoms with E-state index >= 15 is 0 Å². The molecule has 4 nitrogen and oxygen atoms in total. The highest BCUT2D eigenvalue weighted by atomic mass is 16.7. The number of carbonyl (C=O) groups excluding carboxylic acids is 1. The van der Waals surface area contributed by atoms with Crippen LogP contribution in [0.2, 0.25) is 0 Å². The van der Waals surface area contributed by atoms with Crippen molar-refractivity contribution in [3.05, 3.63) is 36.0 Å². The summed E-state index contributed by atoms with van der Waals surface area (Å²) in [5, 5.41) is 0. The van der Waals surface area contributed by atoms with Gasteiger partial charge in [-0.2, -0.15) is 0 Å². The number of ketones is 1. The summed E-state index contributed by atoms with van der Waals surface area (Å²) in [5.41, 5.74) is 0.599. The van der Waals surface area contributed by atoms with Crippen molar-refractivity contribution in [3.63, 3.8) is 0 Å². The smallest absolute Gasteiger partial charge is 0.231 e. The van der Waals surface area contributed by atoms with Crippen LogP contribution in [-0.4, -0.2) is 31.6 Å². The highest BCUT2D eigenvalue weighted by molar-refractivity contribution is 6.04. The summed E-state index contributed by atoms with van der Waals surface area (Å²) in [5.74, 6) is 1.27. The molecule has 4 heteroatoms. The summed E-state index contributed by atoms with van der Waals surface area (Å²) >= 11 is 0. The van der Waals surface area contributed by atoms with Gasteiger partial charge in [0.05, 0.1) is 0 Å². The Balaban J connectivity index is 2.18. The SMILES string of the molecule is CN(C)/C=C/C(=O)c1ccc2c(c1)OCO2. The maximum Gasteiger partial charge on any atom is 0.231 e. The Morgan fingerprint density at radius 3 is 2.81 bits per heavy atom. The van der Waals surface area contributed by atoms with Crippen LogP contribution in [0.25, 0.3) is 0 Å². The molecule has 1 heterocycles. The van der Waals surface area contributed by atoms with Crippen molar-refractivity contribution >= 4 is 5.78 Å². The molecule has 0 amide bonds. The van der Waals surface area contributed by atoms with E-state index in [1.807, 2.05) is 19.0 Å². The molecule has 1 aromatic rings. The zero-order chi connectivity index (χ0) is 11.5. The van der Waals surface area contributed by atoms with Crippen LogP contribution in [0.4, 0.5) is 0 Å². The lowest BCUT2D eigenvalue weighted by atomic mass is 10.1. The monoisotopic (exact) mass is 219 g/mol. The van der Waals surface area contributed by atoms with Gasteiger partial charge in [-0.3, -0.25) is 4.79 Å². The first-order valence-electron chi connectivity index (χ1n) is 4.95. The molecule has 1 aliphatic rings. The topological polar surface area (TPSA) is 38.8 Å². The third kappa shape index (κ3) is 2.16. The predicted molar refractivity (Wildman–Crippen MR) is 59.7 cm³/mol. The van der Waals surface area contributed by atoms with Crippen LogP contribution in [-0.2, 0) is 0 Å². The van der Waals surface area contributed by atoms with Crippen LogP contribution < -0.4 is 9.47 Å². The van der Waals surface area contributed by atoms with E-state index in [2.05, 4.69) is 0 Å². The van der Waals surface area contributed by atoms with E-state index in [-0.39, 0.29) is 12.6 Å². The number of fused-ring (bicyclic) bond motifs is 1. The van der Waals surface area contributed by atoms with Crippen molar-refractivity contribution < 1.29 is 14.3 Å². The van der Waals surface area contributed by atoms with E-state index in [1.54, 1.807) is 24.4 Å². The van der Waals surface area contributed by atoms with Crippen LogP contribution in [0.15, 0.2) is 30.5 Å². The van der Waals surface area contributed by atoms with Crippen LogP contribution in [0.1, 0.15) is 10.4 Å². The zero-order valence-corrected chi connectivity index (χ0v) is 9.27. The third-order valence-electron chi connectivity index (χ3n) is 2.18. The van der Waals surface area contributed by atoms with Gasteiger partial charge in [0.2, 0.25) is 6.79 Å². The standard InChI is InChI=1S/C12H13NO3/c1-13(2)6-5-10(14)9-3-4-11-12(7-9)16-8-15-11/h3-7H,8H2,1-2H3/b6-5+. The lowest BCUT2D eigenvalue weighted by Crippen LogP contribution is -2.03. The molecule has 0 bridgehead atoms. The number of ether oxygens (including phenoxy) is 2. The van der Waals surface area contributed by atoms with Gasteiger partial charge in [0.25, 0.3) is 0 Å². The Hall–Kier alpha value is -1.97. The fourth-order valence-corrected chi connectivity index (χ4v) is 1.36. The molecule has 16 heavy (non-hydrogen) atoms. The lowest BCUT2D eigenvalue weighted by molar-refractivity contribution is 0.104. The second-order valence-corrected chi connectivity index (χ2v) is 3.71. The van der Waals surface area contributed by atoms with Crippen LogP contribution in [0.5, 0.6) is 11.5 Å². The number of hydrogen-bond acceptors (Lipinski definition) is 4.